The van der Waals surface area contributed by atoms with E-state index in [9.17, 15) is 5.11 Å². The van der Waals surface area contributed by atoms with Crippen LogP contribution in [0.1, 0.15) is 39.5 Å². The van der Waals surface area contributed by atoms with Crippen LogP contribution in [0.5, 0.6) is 0 Å². The maximum atomic E-state index is 9.79. The summed E-state index contributed by atoms with van der Waals surface area (Å²) in [6.45, 7) is 8.91. The Morgan fingerprint density at radius 1 is 1.06 bits per heavy atom. The summed E-state index contributed by atoms with van der Waals surface area (Å²) in [7, 11) is 0. The molecule has 0 heterocycles. The quantitative estimate of drug-likeness (QED) is 0.447. The second kappa shape index (κ2) is 12.3. The number of rotatable bonds is 12. The molecule has 0 aliphatic heterocycles. The third-order valence-electron chi connectivity index (χ3n) is 3.01. The van der Waals surface area contributed by atoms with E-state index >= 15 is 0 Å². The summed E-state index contributed by atoms with van der Waals surface area (Å²) in [6, 6.07) is 0. The topological polar surface area (TPSA) is 55.7 Å². The fourth-order valence-corrected chi connectivity index (χ4v) is 1.83. The first-order chi connectivity index (χ1) is 8.24. The molecule has 17 heavy (non-hydrogen) atoms. The lowest BCUT2D eigenvalue weighted by Gasteiger charge is -2.22. The van der Waals surface area contributed by atoms with Crippen molar-refractivity contribution in [2.45, 2.75) is 45.6 Å². The zero-order valence-electron chi connectivity index (χ0n) is 11.5. The van der Waals surface area contributed by atoms with Crippen molar-refractivity contribution in [1.29, 1.82) is 0 Å². The molecule has 3 N–H and O–H groups in total. The molecule has 1 unspecified atom stereocenters. The number of nitrogens with one attached hydrogen (secondary N) is 1. The molecule has 0 fully saturated rings. The molecular formula is C13H30N2O2. The van der Waals surface area contributed by atoms with Crippen molar-refractivity contribution in [3.8, 4) is 0 Å². The molecular weight excluding hydrogens is 216 g/mol. The number of aliphatic hydroxyl groups excluding tert-OH is 2. The summed E-state index contributed by atoms with van der Waals surface area (Å²) in [5.74, 6) is 0. The van der Waals surface area contributed by atoms with E-state index in [1.165, 1.54) is 0 Å². The van der Waals surface area contributed by atoms with Gasteiger partial charge in [0.25, 0.3) is 0 Å². The molecule has 0 amide bonds. The average molecular weight is 246 g/mol. The molecule has 0 radical (unpaired) electrons. The second-order valence-electron chi connectivity index (χ2n) is 4.48. The zero-order chi connectivity index (χ0) is 12.9. The average Bonchev–Trinajstić information content (AvgIpc) is 2.34. The largest absolute Gasteiger partial charge is 0.396 e. The van der Waals surface area contributed by atoms with Gasteiger partial charge in [0.15, 0.2) is 0 Å². The van der Waals surface area contributed by atoms with Gasteiger partial charge in [0, 0.05) is 19.7 Å². The lowest BCUT2D eigenvalue weighted by atomic mass is 10.2. The Balaban J connectivity index is 3.29. The van der Waals surface area contributed by atoms with Gasteiger partial charge in [0.2, 0.25) is 0 Å². The zero-order valence-corrected chi connectivity index (χ0v) is 11.5. The molecule has 0 aliphatic rings. The maximum Gasteiger partial charge on any atom is 0.0791 e. The SMILES string of the molecule is CCN(CC)CC(O)CNCCCCCCO. The molecule has 0 rings (SSSR count). The van der Waals surface area contributed by atoms with Crippen molar-refractivity contribution in [2.24, 2.45) is 0 Å². The smallest absolute Gasteiger partial charge is 0.0791 e. The van der Waals surface area contributed by atoms with Crippen molar-refractivity contribution in [3.05, 3.63) is 0 Å². The monoisotopic (exact) mass is 246 g/mol. The Hall–Kier alpha value is -0.160. The van der Waals surface area contributed by atoms with Crippen LogP contribution in [0.15, 0.2) is 0 Å². The summed E-state index contributed by atoms with van der Waals surface area (Å²) >= 11 is 0. The normalized spacial score (nSPS) is 13.2. The molecule has 0 aromatic rings. The van der Waals surface area contributed by atoms with Gasteiger partial charge in [-0.3, -0.25) is 0 Å². The summed E-state index contributed by atoms with van der Waals surface area (Å²) in [6.07, 6.45) is 4.01. The van der Waals surface area contributed by atoms with Gasteiger partial charge in [-0.2, -0.15) is 0 Å². The molecule has 0 aromatic carbocycles. The van der Waals surface area contributed by atoms with Crippen LogP contribution in [-0.2, 0) is 0 Å². The summed E-state index contributed by atoms with van der Waals surface area (Å²) in [5, 5.41) is 21.7. The standard InChI is InChI=1S/C13H30N2O2/c1-3-15(4-2)12-13(17)11-14-9-7-5-6-8-10-16/h13-14,16-17H,3-12H2,1-2H3. The fraction of sp³-hybridized carbons (Fsp3) is 1.00. The number of hydrogen-bond acceptors (Lipinski definition) is 4. The summed E-state index contributed by atoms with van der Waals surface area (Å²) in [5.41, 5.74) is 0. The molecule has 4 heteroatoms. The Labute approximate surface area is 106 Å². The highest BCUT2D eigenvalue weighted by Crippen LogP contribution is 1.97. The highest BCUT2D eigenvalue weighted by Gasteiger charge is 2.07. The van der Waals surface area contributed by atoms with Crippen LogP contribution in [0.25, 0.3) is 0 Å². The van der Waals surface area contributed by atoms with Gasteiger partial charge in [-0.1, -0.05) is 26.7 Å². The third kappa shape index (κ3) is 10.7. The van der Waals surface area contributed by atoms with E-state index in [-0.39, 0.29) is 6.10 Å². The molecule has 0 aromatic heterocycles. The minimum atomic E-state index is -0.271. The van der Waals surface area contributed by atoms with Crippen molar-refractivity contribution >= 4 is 0 Å². The summed E-state index contributed by atoms with van der Waals surface area (Å²) in [4.78, 5) is 2.23. The van der Waals surface area contributed by atoms with Crippen molar-refractivity contribution < 1.29 is 10.2 Å². The number of hydrogen-bond donors (Lipinski definition) is 3. The Kier molecular flexibility index (Phi) is 12.2. The number of unbranched alkanes of at least 4 members (excludes halogenated alkanes) is 3. The van der Waals surface area contributed by atoms with E-state index in [1.807, 2.05) is 0 Å². The van der Waals surface area contributed by atoms with Gasteiger partial charge in [-0.25, -0.2) is 0 Å². The first-order valence-electron chi connectivity index (χ1n) is 6.96. The first-order valence-corrected chi connectivity index (χ1v) is 6.96. The second-order valence-corrected chi connectivity index (χ2v) is 4.48. The van der Waals surface area contributed by atoms with Gasteiger partial charge in [0.05, 0.1) is 6.10 Å². The van der Waals surface area contributed by atoms with Gasteiger partial charge in [-0.05, 0) is 32.5 Å². The molecule has 4 nitrogen and oxygen atoms in total. The van der Waals surface area contributed by atoms with Crippen LogP contribution in [0.3, 0.4) is 0 Å². The number of likely N-dealkylation sites (N-methyl/N-ethyl adjacent to an activating group) is 1. The van der Waals surface area contributed by atoms with Crippen LogP contribution in [0.4, 0.5) is 0 Å². The Bertz CT molecular complexity index is 152. The maximum absolute atomic E-state index is 9.79. The molecule has 1 atom stereocenters. The van der Waals surface area contributed by atoms with Crippen LogP contribution in [-0.4, -0.2) is 60.5 Å². The number of aliphatic hydroxyl groups is 2. The van der Waals surface area contributed by atoms with Crippen LogP contribution in [0.2, 0.25) is 0 Å². The van der Waals surface area contributed by atoms with Crippen molar-refractivity contribution in [2.75, 3.05) is 39.3 Å². The van der Waals surface area contributed by atoms with E-state index in [2.05, 4.69) is 24.1 Å². The molecule has 0 aliphatic carbocycles. The molecule has 0 bridgehead atoms. The van der Waals surface area contributed by atoms with E-state index in [4.69, 9.17) is 5.11 Å². The third-order valence-corrected chi connectivity index (χ3v) is 3.01. The highest BCUT2D eigenvalue weighted by atomic mass is 16.3. The molecule has 104 valence electrons. The Morgan fingerprint density at radius 3 is 2.29 bits per heavy atom. The molecule has 0 saturated carbocycles. The van der Waals surface area contributed by atoms with Gasteiger partial charge in [0.1, 0.15) is 0 Å². The fourth-order valence-electron chi connectivity index (χ4n) is 1.83. The highest BCUT2D eigenvalue weighted by molar-refractivity contribution is 4.65. The van der Waals surface area contributed by atoms with Gasteiger partial charge >= 0.3 is 0 Å². The van der Waals surface area contributed by atoms with Crippen LogP contribution >= 0.6 is 0 Å². The molecule has 0 saturated heterocycles. The lowest BCUT2D eigenvalue weighted by Crippen LogP contribution is -2.38. The minimum Gasteiger partial charge on any atom is -0.396 e. The van der Waals surface area contributed by atoms with Gasteiger partial charge in [-0.15, -0.1) is 0 Å². The lowest BCUT2D eigenvalue weighted by molar-refractivity contribution is 0.117. The van der Waals surface area contributed by atoms with Crippen LogP contribution < -0.4 is 5.32 Å². The minimum absolute atomic E-state index is 0.271. The Morgan fingerprint density at radius 2 is 1.71 bits per heavy atom. The van der Waals surface area contributed by atoms with Crippen molar-refractivity contribution in [3.63, 3.8) is 0 Å². The van der Waals surface area contributed by atoms with Crippen molar-refractivity contribution in [1.82, 2.24) is 10.2 Å². The summed E-state index contributed by atoms with van der Waals surface area (Å²) < 4.78 is 0. The predicted octanol–water partition coefficient (Wildman–Crippen LogP) is 0.831. The van der Waals surface area contributed by atoms with Crippen LogP contribution in [0, 0.1) is 0 Å². The molecule has 0 spiro atoms. The van der Waals surface area contributed by atoms with E-state index < -0.39 is 0 Å². The van der Waals surface area contributed by atoms with E-state index in [0.29, 0.717) is 13.2 Å². The van der Waals surface area contributed by atoms with E-state index in [0.717, 1.165) is 51.9 Å². The first kappa shape index (κ1) is 16.8. The number of nitrogens with zero attached hydrogens (tertiary/aromatic N) is 1. The van der Waals surface area contributed by atoms with Gasteiger partial charge < -0.3 is 20.4 Å². The predicted molar refractivity (Wildman–Crippen MR) is 72.2 cm³/mol. The van der Waals surface area contributed by atoms with E-state index in [1.54, 1.807) is 0 Å².